The second-order valence-electron chi connectivity index (χ2n) is 5.72. The molecule has 0 bridgehead atoms. The Morgan fingerprint density at radius 2 is 1.27 bits per heavy atom. The Labute approximate surface area is 165 Å². The molecule has 0 spiro atoms. The lowest BCUT2D eigenvalue weighted by Gasteiger charge is -2.10. The zero-order chi connectivity index (χ0) is 20.8. The lowest BCUT2D eigenvalue weighted by Crippen LogP contribution is -2.26. The molecule has 1 amide bonds. The molecule has 1 unspecified atom stereocenters. The third kappa shape index (κ3) is 25.0. The third-order valence-electron chi connectivity index (χ3n) is 2.73. The lowest BCUT2D eigenvalue weighted by molar-refractivity contribution is -0.145. The van der Waals surface area contributed by atoms with E-state index < -0.39 is 5.91 Å². The fraction of sp³-hybridized carbons (Fsp3) is 0.842. The first kappa shape index (κ1) is 29.5. The van der Waals surface area contributed by atoms with Crippen LogP contribution in [0.15, 0.2) is 0 Å². The molecule has 0 rings (SSSR count). The Morgan fingerprint density at radius 1 is 0.846 bits per heavy atom. The molecule has 0 fully saturated rings. The number of carbonyl (C=O) groups excluding carboxylic acids is 3. The highest BCUT2D eigenvalue weighted by molar-refractivity contribution is 7.80. The zero-order valence-corrected chi connectivity index (χ0v) is 18.1. The van der Waals surface area contributed by atoms with Gasteiger partial charge in [-0.25, -0.2) is 0 Å². The van der Waals surface area contributed by atoms with Gasteiger partial charge in [0, 0.05) is 24.5 Å². The number of esters is 2. The molecule has 0 aromatic rings. The number of ether oxygens (including phenoxy) is 2. The monoisotopic (exact) mass is 393 g/mol. The van der Waals surface area contributed by atoms with Crippen molar-refractivity contribution < 1.29 is 23.9 Å². The molecule has 0 aromatic heterocycles. The number of nitrogens with two attached hydrogens (primary N) is 1. The number of thiol groups is 1. The van der Waals surface area contributed by atoms with E-state index in [1.165, 1.54) is 6.42 Å². The molecular formula is C19H39NO5S. The van der Waals surface area contributed by atoms with Gasteiger partial charge in [-0.1, -0.05) is 41.0 Å². The molecule has 26 heavy (non-hydrogen) atoms. The number of primary amides is 1. The first-order valence-corrected chi connectivity index (χ1v) is 10.2. The lowest BCUT2D eigenvalue weighted by atomic mass is 10.1. The highest BCUT2D eigenvalue weighted by atomic mass is 32.1. The largest absolute Gasteiger partial charge is 0.466 e. The van der Waals surface area contributed by atoms with Crippen molar-refractivity contribution in [1.82, 2.24) is 0 Å². The standard InChI is InChI=1S/C9H17NO3S.C7H14O2.C3H8/c1-2-3-8(11)13-5-4-7(6-14)9(10)12;1-3-5-7(8)9-6-4-2;1-3-2/h7,14H,2-6H2,1H3,(H2,10,12);3-6H2,1-2H3;3H2,1-2H3. The van der Waals surface area contributed by atoms with Crippen molar-refractivity contribution in [3.63, 3.8) is 0 Å². The summed E-state index contributed by atoms with van der Waals surface area (Å²) in [7, 11) is 0. The average molecular weight is 394 g/mol. The average Bonchev–Trinajstić information content (AvgIpc) is 2.58. The van der Waals surface area contributed by atoms with Crippen LogP contribution in [0.25, 0.3) is 0 Å². The molecule has 0 heterocycles. The quantitative estimate of drug-likeness (QED) is 0.410. The van der Waals surface area contributed by atoms with Gasteiger partial charge in [-0.2, -0.15) is 12.6 Å². The first-order chi connectivity index (χ1) is 12.3. The van der Waals surface area contributed by atoms with Crippen LogP contribution >= 0.6 is 12.6 Å². The second kappa shape index (κ2) is 23.8. The summed E-state index contributed by atoms with van der Waals surface area (Å²) in [5.41, 5.74) is 5.09. The van der Waals surface area contributed by atoms with E-state index in [0.717, 1.165) is 19.3 Å². The van der Waals surface area contributed by atoms with Crippen molar-refractivity contribution >= 4 is 30.5 Å². The van der Waals surface area contributed by atoms with Crippen LogP contribution in [0.3, 0.4) is 0 Å². The Morgan fingerprint density at radius 3 is 1.58 bits per heavy atom. The molecule has 0 saturated heterocycles. The van der Waals surface area contributed by atoms with E-state index in [-0.39, 0.29) is 24.5 Å². The van der Waals surface area contributed by atoms with E-state index in [2.05, 4.69) is 26.5 Å². The molecule has 7 heteroatoms. The van der Waals surface area contributed by atoms with Crippen LogP contribution in [0.2, 0.25) is 0 Å². The summed E-state index contributed by atoms with van der Waals surface area (Å²) in [5.74, 6) is -0.616. The maximum Gasteiger partial charge on any atom is 0.305 e. The summed E-state index contributed by atoms with van der Waals surface area (Å²) in [4.78, 5) is 32.3. The van der Waals surface area contributed by atoms with Crippen molar-refractivity contribution in [2.75, 3.05) is 19.0 Å². The molecule has 2 N–H and O–H groups in total. The Kier molecular flexibility index (Phi) is 27.0. The minimum atomic E-state index is -0.397. The van der Waals surface area contributed by atoms with Crippen molar-refractivity contribution in [3.8, 4) is 0 Å². The molecular weight excluding hydrogens is 354 g/mol. The first-order valence-electron chi connectivity index (χ1n) is 9.55. The van der Waals surface area contributed by atoms with E-state index in [1.54, 1.807) is 0 Å². The maximum atomic E-state index is 10.9. The molecule has 0 aliphatic rings. The molecule has 156 valence electrons. The predicted octanol–water partition coefficient (Wildman–Crippen LogP) is 3.91. The summed E-state index contributed by atoms with van der Waals surface area (Å²) in [6.45, 7) is 10.9. The molecule has 6 nitrogen and oxygen atoms in total. The summed E-state index contributed by atoms with van der Waals surface area (Å²) in [6, 6.07) is 0. The van der Waals surface area contributed by atoms with Gasteiger partial charge in [-0.15, -0.1) is 0 Å². The normalized spacial score (nSPS) is 10.4. The summed E-state index contributed by atoms with van der Waals surface area (Å²) >= 11 is 3.98. The minimum absolute atomic E-state index is 0.0700. The zero-order valence-electron chi connectivity index (χ0n) is 17.2. The van der Waals surface area contributed by atoms with E-state index in [9.17, 15) is 14.4 Å². The molecule has 1 atom stereocenters. The fourth-order valence-corrected chi connectivity index (χ4v) is 1.77. The van der Waals surface area contributed by atoms with Crippen molar-refractivity contribution in [2.24, 2.45) is 11.7 Å². The van der Waals surface area contributed by atoms with Gasteiger partial charge in [0.15, 0.2) is 0 Å². The predicted molar refractivity (Wildman–Crippen MR) is 109 cm³/mol. The smallest absolute Gasteiger partial charge is 0.305 e. The number of hydrogen-bond donors (Lipinski definition) is 2. The summed E-state index contributed by atoms with van der Waals surface area (Å²) in [5, 5.41) is 0. The second-order valence-corrected chi connectivity index (χ2v) is 6.08. The van der Waals surface area contributed by atoms with Crippen LogP contribution in [0.5, 0.6) is 0 Å². The van der Waals surface area contributed by atoms with Gasteiger partial charge >= 0.3 is 11.9 Å². The molecule has 0 radical (unpaired) electrons. The third-order valence-corrected chi connectivity index (χ3v) is 3.17. The summed E-state index contributed by atoms with van der Waals surface area (Å²) in [6.07, 6.45) is 5.24. The Hall–Kier alpha value is -1.24. The van der Waals surface area contributed by atoms with Gasteiger partial charge in [0.25, 0.3) is 0 Å². The van der Waals surface area contributed by atoms with Crippen LogP contribution in [0.1, 0.15) is 79.6 Å². The Bertz CT molecular complexity index is 351. The van der Waals surface area contributed by atoms with Gasteiger partial charge in [-0.05, 0) is 25.7 Å². The summed E-state index contributed by atoms with van der Waals surface area (Å²) < 4.78 is 9.68. The van der Waals surface area contributed by atoms with Crippen molar-refractivity contribution in [3.05, 3.63) is 0 Å². The fourth-order valence-electron chi connectivity index (χ4n) is 1.41. The van der Waals surface area contributed by atoms with Crippen LogP contribution in [-0.4, -0.2) is 36.8 Å². The maximum absolute atomic E-state index is 10.9. The molecule has 0 saturated carbocycles. The van der Waals surface area contributed by atoms with Gasteiger partial charge in [0.05, 0.1) is 13.2 Å². The van der Waals surface area contributed by atoms with Crippen LogP contribution in [0, 0.1) is 5.92 Å². The van der Waals surface area contributed by atoms with Gasteiger partial charge in [0.1, 0.15) is 0 Å². The van der Waals surface area contributed by atoms with E-state index in [4.69, 9.17) is 15.2 Å². The highest BCUT2D eigenvalue weighted by Crippen LogP contribution is 2.05. The van der Waals surface area contributed by atoms with Crippen molar-refractivity contribution in [1.29, 1.82) is 0 Å². The molecule has 0 aliphatic carbocycles. The van der Waals surface area contributed by atoms with Gasteiger partial charge in [0.2, 0.25) is 5.91 Å². The van der Waals surface area contributed by atoms with E-state index >= 15 is 0 Å². The molecule has 0 aromatic carbocycles. The van der Waals surface area contributed by atoms with Crippen LogP contribution < -0.4 is 5.73 Å². The van der Waals surface area contributed by atoms with Gasteiger partial charge < -0.3 is 15.2 Å². The number of amides is 1. The van der Waals surface area contributed by atoms with Crippen LogP contribution in [-0.2, 0) is 23.9 Å². The van der Waals surface area contributed by atoms with Crippen LogP contribution in [0.4, 0.5) is 0 Å². The minimum Gasteiger partial charge on any atom is -0.466 e. The Balaban J connectivity index is -0.000000377. The number of carbonyl (C=O) groups is 3. The number of hydrogen-bond acceptors (Lipinski definition) is 6. The van der Waals surface area contributed by atoms with Crippen molar-refractivity contribution in [2.45, 2.75) is 79.6 Å². The number of rotatable bonds is 11. The van der Waals surface area contributed by atoms with Gasteiger partial charge in [-0.3, -0.25) is 14.4 Å². The SMILES string of the molecule is CCC.CCCC(=O)OCCC(CS)C(N)=O.CCCOC(=O)CCC. The highest BCUT2D eigenvalue weighted by Gasteiger charge is 2.13. The van der Waals surface area contributed by atoms with E-state index in [1.807, 2.05) is 20.8 Å². The van der Waals surface area contributed by atoms with E-state index in [0.29, 0.717) is 31.6 Å². The molecule has 0 aliphatic heterocycles. The topological polar surface area (TPSA) is 95.7 Å².